The van der Waals surface area contributed by atoms with Gasteiger partial charge in [-0.1, -0.05) is 0 Å². The van der Waals surface area contributed by atoms with Crippen LogP contribution in [-0.4, -0.2) is 101 Å². The topological polar surface area (TPSA) is 175 Å². The Labute approximate surface area is 460 Å². The van der Waals surface area contributed by atoms with Gasteiger partial charge >= 0.3 is 465 Å². The number of amides is 6. The molecule has 7 aromatic carbocycles. The van der Waals surface area contributed by atoms with Crippen LogP contribution in [0.3, 0.4) is 0 Å². The van der Waals surface area contributed by atoms with Gasteiger partial charge in [-0.25, -0.2) is 0 Å². The molecule has 0 spiro atoms. The van der Waals surface area contributed by atoms with Crippen LogP contribution in [0.2, 0.25) is 0 Å². The minimum atomic E-state index is -3.55. The zero-order chi connectivity index (χ0) is 53.4. The van der Waals surface area contributed by atoms with Gasteiger partial charge in [-0.2, -0.15) is 0 Å². The molecule has 0 atom stereocenters. The molecule has 75 heavy (non-hydrogen) atoms. The molecule has 15 heteroatoms. The summed E-state index contributed by atoms with van der Waals surface area (Å²) in [6, 6.07) is 53.0. The van der Waals surface area contributed by atoms with Crippen LogP contribution in [0.4, 0.5) is 0 Å². The summed E-state index contributed by atoms with van der Waals surface area (Å²) >= 11 is -10.6. The first kappa shape index (κ1) is 55.2. The summed E-state index contributed by atoms with van der Waals surface area (Å²) in [5, 5.41) is 16.0. The van der Waals surface area contributed by atoms with Crippen LogP contribution < -0.4 is 61.3 Å². The maximum atomic E-state index is 13.1. The Kier molecular flexibility index (Phi) is 19.6. The Morgan fingerprint density at radius 2 is 0.373 bits per heavy atom. The van der Waals surface area contributed by atoms with E-state index >= 15 is 0 Å². The molecule has 0 aromatic heterocycles. The fraction of sp³-hybridized carbons (Fsp3) is 0. The first-order chi connectivity index (χ1) is 36.4. The van der Waals surface area contributed by atoms with Gasteiger partial charge in [0.1, 0.15) is 0 Å². The molecule has 12 nitrogen and oxygen atoms in total. The molecule has 0 aliphatic carbocycles. The van der Waals surface area contributed by atoms with E-state index in [-0.39, 0.29) is 35.4 Å². The van der Waals surface area contributed by atoms with E-state index in [0.717, 1.165) is 29.4 Å². The SMILES string of the molecule is C=CNC(=O)c1cc[c]([Bi]([c]2ccc(C(=O)NC=C)cc2)[c]2c[c]([Bi]([c]3ccc(C(=O)NC=C)cc3)[c]3ccc(C(=O)NC=C)cc3)c[c]([Bi]([c]3ccc(C(=O)NC=C)cc3)[c]3ccc(C(=O)NC=C)cc3)c2)cc1. The Morgan fingerprint density at radius 3 is 0.493 bits per heavy atom. The molecular weight excluding hydrogens is 1530 g/mol. The van der Waals surface area contributed by atoms with Gasteiger partial charge in [0.25, 0.3) is 0 Å². The fourth-order valence-electron chi connectivity index (χ4n) is 7.94. The standard InChI is InChI=1S/6C9H8NO.C6H3.3Bi/c6*1-2-10-9(11)8-6-4-3-5-7-8;1-2-4-6-5-3-1;;;/h6*2,4-7H,1H2,(H,10,11);1,4-5H;;;. The number of hydrogen-bond acceptors (Lipinski definition) is 6. The van der Waals surface area contributed by atoms with Crippen LogP contribution in [0.15, 0.2) is 240 Å². The Bertz CT molecular complexity index is 2760. The number of benzene rings is 7. The molecule has 0 unspecified atom stereocenters. The third kappa shape index (κ3) is 13.6. The van der Waals surface area contributed by atoms with E-state index in [1.165, 1.54) is 37.2 Å². The van der Waals surface area contributed by atoms with Gasteiger partial charge in [0.05, 0.1) is 0 Å². The predicted octanol–water partition coefficient (Wildman–Crippen LogP) is 2.48. The van der Waals surface area contributed by atoms with Gasteiger partial charge in [-0.05, 0) is 0 Å². The summed E-state index contributed by atoms with van der Waals surface area (Å²) in [5.41, 5.74) is 2.78. The van der Waals surface area contributed by atoms with Crippen LogP contribution in [0.1, 0.15) is 62.1 Å². The summed E-state index contributed by atoms with van der Waals surface area (Å²) in [7, 11) is 0. The number of rotatable bonds is 21. The first-order valence-electron chi connectivity index (χ1n) is 23.1. The van der Waals surface area contributed by atoms with Crippen molar-refractivity contribution in [1.82, 2.24) is 31.9 Å². The zero-order valence-electron chi connectivity index (χ0n) is 40.6. The summed E-state index contributed by atoms with van der Waals surface area (Å²) in [6.45, 7) is 22.0. The average molecular weight is 1580 g/mol. The Morgan fingerprint density at radius 1 is 0.240 bits per heavy atom. The van der Waals surface area contributed by atoms with Gasteiger partial charge in [0.15, 0.2) is 0 Å². The molecule has 7 rings (SSSR count). The van der Waals surface area contributed by atoms with E-state index in [2.05, 4.69) is 89.6 Å². The van der Waals surface area contributed by atoms with E-state index in [1.807, 2.05) is 146 Å². The molecule has 0 bridgehead atoms. The van der Waals surface area contributed by atoms with Crippen LogP contribution >= 0.6 is 0 Å². The van der Waals surface area contributed by atoms with E-state index in [9.17, 15) is 28.8 Å². The average Bonchev–Trinajstić information content (AvgIpc) is 3.43. The van der Waals surface area contributed by atoms with E-state index < -0.39 is 65.3 Å². The van der Waals surface area contributed by atoms with Crippen molar-refractivity contribution in [2.45, 2.75) is 0 Å². The summed E-state index contributed by atoms with van der Waals surface area (Å²) in [6.07, 6.45) is 8.08. The molecule has 0 saturated carbocycles. The van der Waals surface area contributed by atoms with Crippen molar-refractivity contribution in [2.75, 3.05) is 0 Å². The molecule has 0 heterocycles. The Hall–Kier alpha value is -7.55. The zero-order valence-corrected chi connectivity index (χ0v) is 51.0. The second-order valence-corrected chi connectivity index (χ2v) is 42.0. The summed E-state index contributed by atoms with van der Waals surface area (Å²) in [5.74, 6) is -1.75. The molecule has 372 valence electrons. The van der Waals surface area contributed by atoms with Crippen LogP contribution in [0.25, 0.3) is 0 Å². The maximum absolute atomic E-state index is 13.1. The number of nitrogens with one attached hydrogen (secondary N) is 6. The molecule has 0 saturated heterocycles. The molecule has 0 radical (unpaired) electrons. The van der Waals surface area contributed by atoms with Crippen LogP contribution in [0.5, 0.6) is 0 Å². The van der Waals surface area contributed by atoms with E-state index in [4.69, 9.17) is 0 Å². The third-order valence-electron chi connectivity index (χ3n) is 11.4. The molecule has 7 aromatic rings. The molecule has 0 fully saturated rings. The monoisotopic (exact) mass is 1580 g/mol. The normalized spacial score (nSPS) is 10.6. The van der Waals surface area contributed by atoms with Crippen LogP contribution in [-0.2, 0) is 0 Å². The first-order valence-corrected chi connectivity index (χ1v) is 38.7. The Balaban J connectivity index is 1.56. The van der Waals surface area contributed by atoms with Crippen molar-refractivity contribution in [3.63, 3.8) is 0 Å². The van der Waals surface area contributed by atoms with Gasteiger partial charge in [0.2, 0.25) is 0 Å². The summed E-state index contributed by atoms with van der Waals surface area (Å²) in [4.78, 5) is 78.4. The minimum absolute atomic E-state index is 0.292. The van der Waals surface area contributed by atoms with Crippen molar-refractivity contribution >= 4 is 130 Å². The second kappa shape index (κ2) is 26.6. The number of carbonyl (C=O) groups is 6. The van der Waals surface area contributed by atoms with Gasteiger partial charge in [0, 0.05) is 0 Å². The molecular formula is C60H51Bi3N6O6. The second-order valence-electron chi connectivity index (χ2n) is 16.1. The molecule has 0 aliphatic rings. The quantitative estimate of drug-likeness (QED) is 0.0604. The molecule has 6 N–H and O–H groups in total. The van der Waals surface area contributed by atoms with Gasteiger partial charge < -0.3 is 0 Å². The molecule has 6 amide bonds. The van der Waals surface area contributed by atoms with Gasteiger partial charge in [-0.15, -0.1) is 0 Å². The summed E-state index contributed by atoms with van der Waals surface area (Å²) < 4.78 is 9.75. The third-order valence-corrected chi connectivity index (χ3v) is 39.4. The number of carbonyl (C=O) groups excluding carboxylic acids is 6. The van der Waals surface area contributed by atoms with Crippen molar-refractivity contribution in [3.05, 3.63) is 274 Å². The van der Waals surface area contributed by atoms with E-state index in [1.54, 1.807) is 0 Å². The van der Waals surface area contributed by atoms with Crippen molar-refractivity contribution < 1.29 is 28.8 Å². The number of hydrogen-bond donors (Lipinski definition) is 6. The molecule has 0 aliphatic heterocycles. The van der Waals surface area contributed by atoms with Crippen LogP contribution in [0, 0.1) is 0 Å². The fourth-order valence-corrected chi connectivity index (χ4v) is 40.1. The van der Waals surface area contributed by atoms with Crippen molar-refractivity contribution in [2.24, 2.45) is 0 Å². The van der Waals surface area contributed by atoms with Crippen molar-refractivity contribution in [3.8, 4) is 0 Å². The van der Waals surface area contributed by atoms with Gasteiger partial charge in [-0.3, -0.25) is 0 Å². The predicted molar refractivity (Wildman–Crippen MR) is 305 cm³/mol. The van der Waals surface area contributed by atoms with Crippen molar-refractivity contribution in [1.29, 1.82) is 0 Å². The van der Waals surface area contributed by atoms with E-state index in [0.29, 0.717) is 33.4 Å².